The number of nitrogens with zero attached hydrogens (tertiary/aromatic N) is 1. The SMILES string of the molecule is Cc1ccc(N(CC(=O)NC(C)c2ccc3c(c2)CCC3)S(=O)(=O)c2ccccc2)cc1Cl. The van der Waals surface area contributed by atoms with Gasteiger partial charge in [-0.05, 0) is 79.6 Å². The molecule has 33 heavy (non-hydrogen) atoms. The van der Waals surface area contributed by atoms with Crippen LogP contribution >= 0.6 is 11.6 Å². The first kappa shape index (κ1) is 23.3. The van der Waals surface area contributed by atoms with E-state index in [1.807, 2.05) is 19.9 Å². The van der Waals surface area contributed by atoms with E-state index in [4.69, 9.17) is 11.6 Å². The smallest absolute Gasteiger partial charge is 0.264 e. The third kappa shape index (κ3) is 5.07. The number of carbonyl (C=O) groups excluding carboxylic acids is 1. The Labute approximate surface area is 200 Å². The number of amides is 1. The lowest BCUT2D eigenvalue weighted by molar-refractivity contribution is -0.120. The summed E-state index contributed by atoms with van der Waals surface area (Å²) in [5.41, 5.74) is 4.88. The predicted molar refractivity (Wildman–Crippen MR) is 132 cm³/mol. The second kappa shape index (κ2) is 9.57. The van der Waals surface area contributed by atoms with E-state index >= 15 is 0 Å². The highest BCUT2D eigenvalue weighted by atomic mass is 35.5. The van der Waals surface area contributed by atoms with Gasteiger partial charge in [-0.15, -0.1) is 0 Å². The Hall–Kier alpha value is -2.83. The molecule has 1 N–H and O–H groups in total. The fourth-order valence-corrected chi connectivity index (χ4v) is 5.74. The monoisotopic (exact) mass is 482 g/mol. The molecule has 5 nitrogen and oxygen atoms in total. The molecule has 0 aliphatic heterocycles. The van der Waals surface area contributed by atoms with Gasteiger partial charge in [-0.25, -0.2) is 8.42 Å². The Morgan fingerprint density at radius 1 is 1.03 bits per heavy atom. The minimum Gasteiger partial charge on any atom is -0.348 e. The van der Waals surface area contributed by atoms with E-state index in [2.05, 4.69) is 17.4 Å². The van der Waals surface area contributed by atoms with Crippen LogP contribution in [0.3, 0.4) is 0 Å². The van der Waals surface area contributed by atoms with E-state index < -0.39 is 10.0 Å². The molecule has 7 heteroatoms. The highest BCUT2D eigenvalue weighted by molar-refractivity contribution is 7.92. The molecular formula is C26H27ClN2O3S. The Morgan fingerprint density at radius 3 is 2.48 bits per heavy atom. The topological polar surface area (TPSA) is 66.5 Å². The van der Waals surface area contributed by atoms with Crippen molar-refractivity contribution in [1.82, 2.24) is 5.32 Å². The van der Waals surface area contributed by atoms with E-state index in [0.717, 1.165) is 34.7 Å². The number of hydrogen-bond donors (Lipinski definition) is 1. The summed E-state index contributed by atoms with van der Waals surface area (Å²) in [6.07, 6.45) is 3.31. The first-order valence-corrected chi connectivity index (χ1v) is 12.8. The fourth-order valence-electron chi connectivity index (χ4n) is 4.13. The van der Waals surface area contributed by atoms with Gasteiger partial charge in [0, 0.05) is 5.02 Å². The summed E-state index contributed by atoms with van der Waals surface area (Å²) in [6, 6.07) is 19.1. The average molecular weight is 483 g/mol. The van der Waals surface area contributed by atoms with Crippen molar-refractivity contribution in [1.29, 1.82) is 0 Å². The molecule has 0 radical (unpaired) electrons. The minimum absolute atomic E-state index is 0.112. The van der Waals surface area contributed by atoms with Crippen LogP contribution in [-0.2, 0) is 27.7 Å². The zero-order chi connectivity index (χ0) is 23.6. The zero-order valence-electron chi connectivity index (χ0n) is 18.7. The lowest BCUT2D eigenvalue weighted by Gasteiger charge is -2.25. The molecule has 0 spiro atoms. The van der Waals surface area contributed by atoms with Gasteiger partial charge in [-0.1, -0.05) is 54.1 Å². The molecule has 4 rings (SSSR count). The summed E-state index contributed by atoms with van der Waals surface area (Å²) in [4.78, 5) is 13.1. The third-order valence-electron chi connectivity index (χ3n) is 6.06. The molecule has 0 saturated carbocycles. The van der Waals surface area contributed by atoms with Gasteiger partial charge in [0.15, 0.2) is 0 Å². The van der Waals surface area contributed by atoms with Crippen LogP contribution < -0.4 is 9.62 Å². The summed E-state index contributed by atoms with van der Waals surface area (Å²) >= 11 is 6.28. The number of fused-ring (bicyclic) bond motifs is 1. The summed E-state index contributed by atoms with van der Waals surface area (Å²) in [7, 11) is -3.97. The quantitative estimate of drug-likeness (QED) is 0.502. The standard InChI is InChI=1S/C26H27ClN2O3S/c1-18-11-14-23(16-25(18)27)29(33(31,32)24-9-4-3-5-10-24)17-26(30)28-19(2)21-13-12-20-7-6-8-22(20)15-21/h3-5,9-16,19H,6-8,17H2,1-2H3,(H,28,30). The molecular weight excluding hydrogens is 456 g/mol. The lowest BCUT2D eigenvalue weighted by Crippen LogP contribution is -2.41. The molecule has 0 bridgehead atoms. The van der Waals surface area contributed by atoms with Crippen molar-refractivity contribution in [2.75, 3.05) is 10.8 Å². The van der Waals surface area contributed by atoms with Crippen LogP contribution in [0.2, 0.25) is 5.02 Å². The molecule has 1 amide bonds. The minimum atomic E-state index is -3.97. The molecule has 3 aromatic rings. The van der Waals surface area contributed by atoms with Crippen LogP contribution in [0.15, 0.2) is 71.6 Å². The van der Waals surface area contributed by atoms with Crippen molar-refractivity contribution in [2.24, 2.45) is 0 Å². The van der Waals surface area contributed by atoms with Gasteiger partial charge in [-0.2, -0.15) is 0 Å². The summed E-state index contributed by atoms with van der Waals surface area (Å²) in [5, 5.41) is 3.40. The van der Waals surface area contributed by atoms with Crippen LogP contribution in [0.5, 0.6) is 0 Å². The number of sulfonamides is 1. The number of aryl methyl sites for hydroxylation is 3. The van der Waals surface area contributed by atoms with Crippen LogP contribution in [-0.4, -0.2) is 20.9 Å². The molecule has 0 fully saturated rings. The number of nitrogens with one attached hydrogen (secondary N) is 1. The third-order valence-corrected chi connectivity index (χ3v) is 8.26. The Morgan fingerprint density at radius 2 is 1.76 bits per heavy atom. The van der Waals surface area contributed by atoms with Gasteiger partial charge in [0.25, 0.3) is 10.0 Å². The van der Waals surface area contributed by atoms with E-state index in [-0.39, 0.29) is 23.4 Å². The normalized spacial score (nSPS) is 13.9. The molecule has 0 aromatic heterocycles. The van der Waals surface area contributed by atoms with Gasteiger partial charge in [-0.3, -0.25) is 9.10 Å². The number of hydrogen-bond acceptors (Lipinski definition) is 3. The highest BCUT2D eigenvalue weighted by Gasteiger charge is 2.28. The van der Waals surface area contributed by atoms with Gasteiger partial charge in [0.1, 0.15) is 6.54 Å². The fraction of sp³-hybridized carbons (Fsp3) is 0.269. The molecule has 1 atom stereocenters. The van der Waals surface area contributed by atoms with Crippen LogP contribution in [0, 0.1) is 6.92 Å². The van der Waals surface area contributed by atoms with Gasteiger partial charge in [0.2, 0.25) is 5.91 Å². The number of benzene rings is 3. The maximum Gasteiger partial charge on any atom is 0.264 e. The number of rotatable bonds is 7. The molecule has 0 saturated heterocycles. The maximum atomic E-state index is 13.5. The highest BCUT2D eigenvalue weighted by Crippen LogP contribution is 2.29. The van der Waals surface area contributed by atoms with Crippen molar-refractivity contribution in [3.63, 3.8) is 0 Å². The maximum absolute atomic E-state index is 13.5. The molecule has 1 aliphatic rings. The molecule has 1 aliphatic carbocycles. The van der Waals surface area contributed by atoms with E-state index in [0.29, 0.717) is 10.7 Å². The second-order valence-corrected chi connectivity index (χ2v) is 10.7. The van der Waals surface area contributed by atoms with Crippen LogP contribution in [0.4, 0.5) is 5.69 Å². The Balaban J connectivity index is 1.59. The van der Waals surface area contributed by atoms with E-state index in [9.17, 15) is 13.2 Å². The Bertz CT molecular complexity index is 1280. The van der Waals surface area contributed by atoms with Crippen LogP contribution in [0.1, 0.15) is 41.6 Å². The summed E-state index contributed by atoms with van der Waals surface area (Å²) < 4.78 is 28.0. The lowest BCUT2D eigenvalue weighted by atomic mass is 10.0. The van der Waals surface area contributed by atoms with Crippen molar-refractivity contribution in [3.05, 3.63) is 94.0 Å². The van der Waals surface area contributed by atoms with Crippen molar-refractivity contribution in [3.8, 4) is 0 Å². The van der Waals surface area contributed by atoms with Crippen molar-refractivity contribution in [2.45, 2.75) is 44.0 Å². The van der Waals surface area contributed by atoms with Crippen molar-refractivity contribution < 1.29 is 13.2 Å². The van der Waals surface area contributed by atoms with Gasteiger partial charge >= 0.3 is 0 Å². The first-order valence-electron chi connectivity index (χ1n) is 11.0. The van der Waals surface area contributed by atoms with Gasteiger partial charge in [0.05, 0.1) is 16.6 Å². The number of anilines is 1. The zero-order valence-corrected chi connectivity index (χ0v) is 20.3. The first-order chi connectivity index (χ1) is 15.8. The predicted octanol–water partition coefficient (Wildman–Crippen LogP) is 5.21. The summed E-state index contributed by atoms with van der Waals surface area (Å²) in [5.74, 6) is -0.390. The largest absolute Gasteiger partial charge is 0.348 e. The van der Waals surface area contributed by atoms with E-state index in [1.165, 1.54) is 23.3 Å². The number of carbonyl (C=O) groups is 1. The molecule has 1 unspecified atom stereocenters. The Kier molecular flexibility index (Phi) is 6.77. The van der Waals surface area contributed by atoms with Gasteiger partial charge < -0.3 is 5.32 Å². The summed E-state index contributed by atoms with van der Waals surface area (Å²) in [6.45, 7) is 3.40. The molecule has 0 heterocycles. The average Bonchev–Trinajstić information content (AvgIpc) is 3.28. The van der Waals surface area contributed by atoms with Crippen LogP contribution in [0.25, 0.3) is 0 Å². The molecule has 3 aromatic carbocycles. The second-order valence-electron chi connectivity index (χ2n) is 8.43. The molecule has 172 valence electrons. The van der Waals surface area contributed by atoms with E-state index in [1.54, 1.807) is 36.4 Å². The van der Waals surface area contributed by atoms with Crippen molar-refractivity contribution >= 4 is 33.2 Å². The number of halogens is 1.